The van der Waals surface area contributed by atoms with Crippen molar-refractivity contribution in [3.63, 3.8) is 0 Å². The minimum absolute atomic E-state index is 0.319. The molecule has 4 heteroatoms. The summed E-state index contributed by atoms with van der Waals surface area (Å²) in [6, 6.07) is 7.00. The van der Waals surface area contributed by atoms with E-state index < -0.39 is 8.77 Å². The SMILES string of the molecule is CCC(C)c1ccc(S(=O)(O)=S)cc1. The quantitative estimate of drug-likeness (QED) is 0.867. The van der Waals surface area contributed by atoms with Crippen LogP contribution in [0.2, 0.25) is 0 Å². The summed E-state index contributed by atoms with van der Waals surface area (Å²) in [4.78, 5) is 0.319. The highest BCUT2D eigenvalue weighted by Gasteiger charge is 2.06. The normalized spacial score (nSPS) is 17.4. The number of hydrogen-bond donors (Lipinski definition) is 1. The van der Waals surface area contributed by atoms with Gasteiger partial charge in [-0.1, -0.05) is 26.0 Å². The van der Waals surface area contributed by atoms with Crippen LogP contribution in [0, 0.1) is 0 Å². The molecular weight excluding hydrogens is 216 g/mol. The highest BCUT2D eigenvalue weighted by molar-refractivity contribution is 8.29. The van der Waals surface area contributed by atoms with Gasteiger partial charge in [0.05, 0.1) is 4.90 Å². The van der Waals surface area contributed by atoms with E-state index in [4.69, 9.17) is 4.55 Å². The molecule has 2 nitrogen and oxygen atoms in total. The van der Waals surface area contributed by atoms with Crippen LogP contribution >= 0.6 is 0 Å². The minimum Gasteiger partial charge on any atom is -0.302 e. The Balaban J connectivity index is 3.01. The average molecular weight is 230 g/mol. The Morgan fingerprint density at radius 3 is 2.29 bits per heavy atom. The molecule has 0 aliphatic heterocycles. The van der Waals surface area contributed by atoms with Crippen molar-refractivity contribution in [3.8, 4) is 0 Å². The van der Waals surface area contributed by atoms with Gasteiger partial charge in [0.1, 0.15) is 0 Å². The van der Waals surface area contributed by atoms with Gasteiger partial charge in [-0.05, 0) is 30.0 Å². The summed E-state index contributed by atoms with van der Waals surface area (Å²) in [6.07, 6.45) is 1.06. The third-order valence-electron chi connectivity index (χ3n) is 2.36. The second-order valence-electron chi connectivity index (χ2n) is 3.35. The first-order valence-electron chi connectivity index (χ1n) is 4.52. The van der Waals surface area contributed by atoms with E-state index in [2.05, 4.69) is 25.0 Å². The van der Waals surface area contributed by atoms with Crippen molar-refractivity contribution in [2.24, 2.45) is 0 Å². The van der Waals surface area contributed by atoms with Crippen LogP contribution in [0.15, 0.2) is 29.2 Å². The Bertz CT molecular complexity index is 393. The topological polar surface area (TPSA) is 37.3 Å². The Morgan fingerprint density at radius 2 is 1.93 bits per heavy atom. The molecule has 0 fully saturated rings. The molecule has 1 N–H and O–H groups in total. The van der Waals surface area contributed by atoms with Gasteiger partial charge < -0.3 is 4.55 Å². The molecule has 1 aromatic carbocycles. The summed E-state index contributed by atoms with van der Waals surface area (Å²) < 4.78 is 20.2. The molecule has 0 saturated carbocycles. The summed E-state index contributed by atoms with van der Waals surface area (Å²) in [5.41, 5.74) is 1.18. The van der Waals surface area contributed by atoms with Crippen LogP contribution in [0.5, 0.6) is 0 Å². The van der Waals surface area contributed by atoms with E-state index >= 15 is 0 Å². The van der Waals surface area contributed by atoms with Crippen LogP contribution in [-0.2, 0) is 20.0 Å². The van der Waals surface area contributed by atoms with Gasteiger partial charge in [0, 0.05) is 11.2 Å². The van der Waals surface area contributed by atoms with Crippen molar-refractivity contribution in [2.45, 2.75) is 31.1 Å². The summed E-state index contributed by atoms with van der Waals surface area (Å²) in [5, 5.41) is 0. The zero-order chi connectivity index (χ0) is 10.8. The predicted octanol–water partition coefficient (Wildman–Crippen LogP) is 2.78. The molecule has 1 aromatic rings. The Hall–Kier alpha value is -0.450. The second kappa shape index (κ2) is 4.38. The molecule has 2 unspecified atom stereocenters. The maximum Gasteiger partial charge on any atom is 0.171 e. The van der Waals surface area contributed by atoms with Gasteiger partial charge in [-0.3, -0.25) is 0 Å². The fourth-order valence-electron chi connectivity index (χ4n) is 1.20. The maximum absolute atomic E-state index is 11.1. The summed E-state index contributed by atoms with van der Waals surface area (Å²) >= 11 is 4.47. The van der Waals surface area contributed by atoms with Crippen LogP contribution in [0.3, 0.4) is 0 Å². The lowest BCUT2D eigenvalue weighted by atomic mass is 9.99. The third-order valence-corrected chi connectivity index (χ3v) is 3.80. The molecule has 0 bridgehead atoms. The molecule has 0 aromatic heterocycles. The molecule has 0 saturated heterocycles. The maximum atomic E-state index is 11.1. The first-order valence-corrected chi connectivity index (χ1v) is 6.96. The zero-order valence-corrected chi connectivity index (χ0v) is 9.90. The lowest BCUT2D eigenvalue weighted by Crippen LogP contribution is -1.97. The van der Waals surface area contributed by atoms with E-state index in [0.29, 0.717) is 10.8 Å². The molecule has 0 heterocycles. The Morgan fingerprint density at radius 1 is 1.43 bits per heavy atom. The van der Waals surface area contributed by atoms with E-state index in [0.717, 1.165) is 6.42 Å². The first-order chi connectivity index (χ1) is 6.45. The molecule has 14 heavy (non-hydrogen) atoms. The molecular formula is C10H14O2S2. The third kappa shape index (κ3) is 2.77. The van der Waals surface area contributed by atoms with Crippen LogP contribution in [0.25, 0.3) is 0 Å². The summed E-state index contributed by atoms with van der Waals surface area (Å²) in [7, 11) is -3.22. The van der Waals surface area contributed by atoms with Crippen molar-refractivity contribution >= 4 is 20.0 Å². The van der Waals surface area contributed by atoms with Crippen LogP contribution < -0.4 is 0 Å². The van der Waals surface area contributed by atoms with E-state index in [9.17, 15) is 4.21 Å². The largest absolute Gasteiger partial charge is 0.302 e. The van der Waals surface area contributed by atoms with Crippen molar-refractivity contribution in [2.75, 3.05) is 0 Å². The van der Waals surface area contributed by atoms with E-state index in [-0.39, 0.29) is 0 Å². The molecule has 0 radical (unpaired) electrons. The van der Waals surface area contributed by atoms with Crippen LogP contribution in [-0.4, -0.2) is 8.76 Å². The molecule has 2 atom stereocenters. The van der Waals surface area contributed by atoms with E-state index in [1.165, 1.54) is 5.56 Å². The minimum atomic E-state index is -3.22. The highest BCUT2D eigenvalue weighted by Crippen LogP contribution is 2.20. The van der Waals surface area contributed by atoms with Crippen molar-refractivity contribution < 1.29 is 8.76 Å². The van der Waals surface area contributed by atoms with Gasteiger partial charge in [0.2, 0.25) is 0 Å². The van der Waals surface area contributed by atoms with Crippen molar-refractivity contribution in [3.05, 3.63) is 29.8 Å². The average Bonchev–Trinajstić information content (AvgIpc) is 2.15. The van der Waals surface area contributed by atoms with Crippen LogP contribution in [0.1, 0.15) is 31.7 Å². The molecule has 78 valence electrons. The smallest absolute Gasteiger partial charge is 0.171 e. The lowest BCUT2D eigenvalue weighted by molar-refractivity contribution is 0.561. The number of rotatable bonds is 3. The summed E-state index contributed by atoms with van der Waals surface area (Å²) in [5.74, 6) is 0.476. The first kappa shape index (κ1) is 11.6. The summed E-state index contributed by atoms with van der Waals surface area (Å²) in [6.45, 7) is 4.24. The van der Waals surface area contributed by atoms with Gasteiger partial charge in [-0.25, -0.2) is 4.21 Å². The molecule has 0 spiro atoms. The second-order valence-corrected chi connectivity index (χ2v) is 6.13. The predicted molar refractivity (Wildman–Crippen MR) is 61.6 cm³/mol. The monoisotopic (exact) mass is 230 g/mol. The number of hydrogen-bond acceptors (Lipinski definition) is 2. The Labute approximate surface area is 89.8 Å². The van der Waals surface area contributed by atoms with Gasteiger partial charge >= 0.3 is 0 Å². The van der Waals surface area contributed by atoms with Gasteiger partial charge in [0.15, 0.2) is 8.77 Å². The lowest BCUT2D eigenvalue weighted by Gasteiger charge is -2.09. The van der Waals surface area contributed by atoms with E-state index in [1.54, 1.807) is 12.1 Å². The molecule has 0 aliphatic rings. The van der Waals surface area contributed by atoms with Crippen molar-refractivity contribution in [1.82, 2.24) is 0 Å². The van der Waals surface area contributed by atoms with Gasteiger partial charge in [0.25, 0.3) is 0 Å². The molecule has 1 rings (SSSR count). The molecule has 0 amide bonds. The fraction of sp³-hybridized carbons (Fsp3) is 0.400. The Kier molecular flexibility index (Phi) is 3.64. The highest BCUT2D eigenvalue weighted by atomic mass is 32.8. The van der Waals surface area contributed by atoms with Crippen molar-refractivity contribution in [1.29, 1.82) is 0 Å². The fourth-order valence-corrected chi connectivity index (χ4v) is 2.02. The standard InChI is InChI=1S/C10H14O2S2/c1-3-8(2)9-4-6-10(7-5-9)14(11,12)13/h4-8H,3H2,1-2H3,(H,11,12,13). The van der Waals surface area contributed by atoms with E-state index in [1.807, 2.05) is 12.1 Å². The number of benzene rings is 1. The van der Waals surface area contributed by atoms with Gasteiger partial charge in [-0.15, -0.1) is 0 Å². The molecule has 0 aliphatic carbocycles. The van der Waals surface area contributed by atoms with Gasteiger partial charge in [-0.2, -0.15) is 0 Å². The van der Waals surface area contributed by atoms with Crippen LogP contribution in [0.4, 0.5) is 0 Å². The zero-order valence-electron chi connectivity index (χ0n) is 8.27.